The minimum absolute atomic E-state index is 0.0712. The summed E-state index contributed by atoms with van der Waals surface area (Å²) in [6, 6.07) is 0. The van der Waals surface area contributed by atoms with Gasteiger partial charge < -0.3 is 15.4 Å². The number of fused-ring (bicyclic) bond motifs is 1. The molecule has 2 aromatic heterocycles. The molecular formula is C20H34N6O2S. The fourth-order valence-corrected chi connectivity index (χ4v) is 3.68. The largest absolute Gasteiger partial charge is 0.380 e. The van der Waals surface area contributed by atoms with Crippen molar-refractivity contribution in [2.24, 2.45) is 5.92 Å². The van der Waals surface area contributed by atoms with Gasteiger partial charge in [0.25, 0.3) is 0 Å². The summed E-state index contributed by atoms with van der Waals surface area (Å²) in [5, 5.41) is 12.8. The third kappa shape index (κ3) is 6.85. The zero-order valence-electron chi connectivity index (χ0n) is 18.2. The maximum atomic E-state index is 12.2. The minimum atomic E-state index is 0.0712. The second-order valence-electron chi connectivity index (χ2n) is 7.05. The van der Waals surface area contributed by atoms with E-state index in [1.165, 1.54) is 0 Å². The maximum Gasteiger partial charge on any atom is 0.223 e. The number of hydrogen-bond donors (Lipinski definition) is 2. The van der Waals surface area contributed by atoms with Gasteiger partial charge in [-0.15, -0.1) is 0 Å². The molecule has 0 aliphatic heterocycles. The van der Waals surface area contributed by atoms with Gasteiger partial charge in [-0.3, -0.25) is 4.79 Å². The number of rotatable bonds is 13. The number of ether oxygens (including phenoxy) is 1. The van der Waals surface area contributed by atoms with Crippen molar-refractivity contribution in [3.8, 4) is 0 Å². The molecule has 9 heteroatoms. The van der Waals surface area contributed by atoms with Crippen LogP contribution in [0.15, 0.2) is 11.4 Å². The lowest BCUT2D eigenvalue weighted by atomic mass is 10.0. The molecule has 0 aliphatic rings. The van der Waals surface area contributed by atoms with E-state index in [0.29, 0.717) is 43.3 Å². The van der Waals surface area contributed by atoms with Gasteiger partial charge in [0.05, 0.1) is 24.7 Å². The molecule has 29 heavy (non-hydrogen) atoms. The topological polar surface area (TPSA) is 94.0 Å². The van der Waals surface area contributed by atoms with Crippen molar-refractivity contribution in [1.82, 2.24) is 25.1 Å². The molecule has 0 radical (unpaired) electrons. The van der Waals surface area contributed by atoms with Crippen molar-refractivity contribution >= 4 is 34.5 Å². The Balaban J connectivity index is 2.15. The first-order chi connectivity index (χ1) is 14.0. The summed E-state index contributed by atoms with van der Waals surface area (Å²) < 4.78 is 7.24. The number of nitrogens with one attached hydrogen (secondary N) is 2. The van der Waals surface area contributed by atoms with Crippen LogP contribution in [0, 0.1) is 5.92 Å². The Kier molecular flexibility index (Phi) is 9.66. The Morgan fingerprint density at radius 2 is 1.97 bits per heavy atom. The molecule has 0 fully saturated rings. The van der Waals surface area contributed by atoms with Crippen LogP contribution in [0.3, 0.4) is 0 Å². The van der Waals surface area contributed by atoms with Crippen LogP contribution in [0.5, 0.6) is 0 Å². The quantitative estimate of drug-likeness (QED) is 0.290. The van der Waals surface area contributed by atoms with Gasteiger partial charge in [0, 0.05) is 30.9 Å². The number of amides is 1. The standard InChI is InChI=1S/C20H34N6O2S/c1-6-15(7-2)19(27)22-9-11-26-18-16(13-23-26)17(21-10-12-28-8-3)24-20(25-18)29-14(4)5/h13-15H,6-12H2,1-5H3,(H,22,27)(H,21,24,25). The highest BCUT2D eigenvalue weighted by Crippen LogP contribution is 2.26. The van der Waals surface area contributed by atoms with Crippen LogP contribution in [-0.4, -0.2) is 57.2 Å². The highest BCUT2D eigenvalue weighted by Gasteiger charge is 2.16. The highest BCUT2D eigenvalue weighted by molar-refractivity contribution is 7.99. The predicted molar refractivity (Wildman–Crippen MR) is 118 cm³/mol. The predicted octanol–water partition coefficient (Wildman–Crippen LogP) is 3.33. The number of aromatic nitrogens is 4. The molecule has 162 valence electrons. The first kappa shape index (κ1) is 23.4. The Morgan fingerprint density at radius 3 is 2.62 bits per heavy atom. The SMILES string of the molecule is CCOCCNc1nc(SC(C)C)nc2c1cnn2CCNC(=O)C(CC)CC. The lowest BCUT2D eigenvalue weighted by Gasteiger charge is -2.13. The average molecular weight is 423 g/mol. The number of anilines is 1. The lowest BCUT2D eigenvalue weighted by molar-refractivity contribution is -0.125. The number of carbonyl (C=O) groups excluding carboxylic acids is 1. The normalized spacial score (nSPS) is 11.6. The molecule has 0 bridgehead atoms. The van der Waals surface area contributed by atoms with Crippen LogP contribution >= 0.6 is 11.8 Å². The summed E-state index contributed by atoms with van der Waals surface area (Å²) in [4.78, 5) is 21.6. The lowest BCUT2D eigenvalue weighted by Crippen LogP contribution is -2.32. The van der Waals surface area contributed by atoms with E-state index < -0.39 is 0 Å². The smallest absolute Gasteiger partial charge is 0.223 e. The first-order valence-electron chi connectivity index (χ1n) is 10.5. The van der Waals surface area contributed by atoms with E-state index in [2.05, 4.69) is 34.6 Å². The van der Waals surface area contributed by atoms with Gasteiger partial charge in [0.2, 0.25) is 5.91 Å². The van der Waals surface area contributed by atoms with E-state index in [1.54, 1.807) is 18.0 Å². The fourth-order valence-electron chi connectivity index (χ4n) is 2.97. The Morgan fingerprint density at radius 1 is 1.21 bits per heavy atom. The summed E-state index contributed by atoms with van der Waals surface area (Å²) in [5.74, 6) is 0.947. The van der Waals surface area contributed by atoms with Crippen molar-refractivity contribution in [2.45, 2.75) is 64.4 Å². The van der Waals surface area contributed by atoms with Crippen LogP contribution < -0.4 is 10.6 Å². The molecule has 1 amide bonds. The van der Waals surface area contributed by atoms with Gasteiger partial charge in [0.1, 0.15) is 5.82 Å². The van der Waals surface area contributed by atoms with Crippen molar-refractivity contribution < 1.29 is 9.53 Å². The summed E-state index contributed by atoms with van der Waals surface area (Å²) in [6.45, 7) is 13.4. The Hall–Kier alpha value is -1.87. The third-order valence-electron chi connectivity index (χ3n) is 4.54. The van der Waals surface area contributed by atoms with Gasteiger partial charge >= 0.3 is 0 Å². The van der Waals surface area contributed by atoms with Crippen LogP contribution in [-0.2, 0) is 16.1 Å². The van der Waals surface area contributed by atoms with Gasteiger partial charge in [-0.2, -0.15) is 5.10 Å². The van der Waals surface area contributed by atoms with E-state index in [9.17, 15) is 4.79 Å². The molecule has 0 saturated carbocycles. The molecule has 0 spiro atoms. The van der Waals surface area contributed by atoms with Gasteiger partial charge in [0.15, 0.2) is 10.8 Å². The molecule has 0 atom stereocenters. The van der Waals surface area contributed by atoms with E-state index in [-0.39, 0.29) is 11.8 Å². The van der Waals surface area contributed by atoms with Crippen LogP contribution in [0.2, 0.25) is 0 Å². The van der Waals surface area contributed by atoms with Gasteiger partial charge in [-0.25, -0.2) is 14.6 Å². The molecule has 0 aromatic carbocycles. The van der Waals surface area contributed by atoms with Crippen molar-refractivity contribution in [3.63, 3.8) is 0 Å². The summed E-state index contributed by atoms with van der Waals surface area (Å²) in [7, 11) is 0. The van der Waals surface area contributed by atoms with Gasteiger partial charge in [-0.1, -0.05) is 39.5 Å². The van der Waals surface area contributed by atoms with Crippen molar-refractivity contribution in [1.29, 1.82) is 0 Å². The first-order valence-corrected chi connectivity index (χ1v) is 11.4. The minimum Gasteiger partial charge on any atom is -0.380 e. The van der Waals surface area contributed by atoms with Crippen LogP contribution in [0.1, 0.15) is 47.5 Å². The zero-order chi connectivity index (χ0) is 21.2. The summed E-state index contributed by atoms with van der Waals surface area (Å²) >= 11 is 1.62. The monoisotopic (exact) mass is 422 g/mol. The van der Waals surface area contributed by atoms with Crippen LogP contribution in [0.25, 0.3) is 11.0 Å². The van der Waals surface area contributed by atoms with Crippen LogP contribution in [0.4, 0.5) is 5.82 Å². The third-order valence-corrected chi connectivity index (χ3v) is 5.40. The fraction of sp³-hybridized carbons (Fsp3) is 0.700. The second-order valence-corrected chi connectivity index (χ2v) is 8.60. The number of carbonyl (C=O) groups is 1. The molecule has 0 saturated heterocycles. The highest BCUT2D eigenvalue weighted by atomic mass is 32.2. The Bertz CT molecular complexity index is 776. The van der Waals surface area contributed by atoms with E-state index >= 15 is 0 Å². The molecule has 0 unspecified atom stereocenters. The number of nitrogens with zero attached hydrogens (tertiary/aromatic N) is 4. The molecule has 8 nitrogen and oxygen atoms in total. The molecule has 0 aliphatic carbocycles. The molecule has 2 N–H and O–H groups in total. The number of hydrogen-bond acceptors (Lipinski definition) is 7. The molecule has 2 heterocycles. The van der Waals surface area contributed by atoms with Crippen molar-refractivity contribution in [2.75, 3.05) is 31.6 Å². The average Bonchev–Trinajstić information content (AvgIpc) is 3.09. The second kappa shape index (κ2) is 12.0. The summed E-state index contributed by atoms with van der Waals surface area (Å²) in [5.41, 5.74) is 0.777. The van der Waals surface area contributed by atoms with Gasteiger partial charge in [-0.05, 0) is 19.8 Å². The van der Waals surface area contributed by atoms with E-state index in [1.807, 2.05) is 25.5 Å². The number of thioether (sulfide) groups is 1. The van der Waals surface area contributed by atoms with E-state index in [0.717, 1.165) is 29.7 Å². The van der Waals surface area contributed by atoms with E-state index in [4.69, 9.17) is 9.72 Å². The molecule has 2 rings (SSSR count). The maximum absolute atomic E-state index is 12.2. The Labute approximate surface area is 177 Å². The molecule has 2 aromatic rings. The molecular weight excluding hydrogens is 388 g/mol. The summed E-state index contributed by atoms with van der Waals surface area (Å²) in [6.07, 6.45) is 3.49. The zero-order valence-corrected chi connectivity index (χ0v) is 19.0. The van der Waals surface area contributed by atoms with Crippen molar-refractivity contribution in [3.05, 3.63) is 6.20 Å².